The van der Waals surface area contributed by atoms with Gasteiger partial charge >= 0.3 is 23.3 Å². The van der Waals surface area contributed by atoms with Gasteiger partial charge in [-0.05, 0) is 0 Å². The van der Waals surface area contributed by atoms with Gasteiger partial charge in [0, 0.05) is 13.8 Å². The fraction of sp³-hybridized carbons (Fsp3) is 0.667. The van der Waals surface area contributed by atoms with Gasteiger partial charge in [-0.15, -0.1) is 0 Å². The van der Waals surface area contributed by atoms with Crippen LogP contribution in [-0.2, 0) is 19.4 Å². The van der Waals surface area contributed by atoms with Crippen LogP contribution < -0.4 is 0 Å². The van der Waals surface area contributed by atoms with Crippen LogP contribution in [0.15, 0.2) is 10.2 Å². The highest BCUT2D eigenvalue weighted by Crippen LogP contribution is 2.26. The molecule has 0 spiro atoms. The first-order valence-corrected chi connectivity index (χ1v) is 6.14. The molecule has 0 aliphatic rings. The average molecular weight is 312 g/mol. The van der Waals surface area contributed by atoms with Gasteiger partial charge in [0.15, 0.2) is 0 Å². The highest BCUT2D eigenvalue weighted by atomic mass is 17.1. The molecule has 0 radical (unpaired) electrons. The Morgan fingerprint density at radius 3 is 1.50 bits per heavy atom. The number of carbonyl (C=O) groups is 2. The van der Waals surface area contributed by atoms with E-state index in [1.54, 1.807) is 0 Å². The second-order valence-electron chi connectivity index (χ2n) is 4.78. The highest BCUT2D eigenvalue weighted by Gasteiger charge is 2.36. The quantitative estimate of drug-likeness (QED) is 0.306. The lowest BCUT2D eigenvalue weighted by molar-refractivity contribution is -0.234. The molecule has 0 bridgehead atoms. The predicted molar refractivity (Wildman–Crippen MR) is 70.8 cm³/mol. The molecule has 0 fully saturated rings. The lowest BCUT2D eigenvalue weighted by Crippen LogP contribution is -2.23. The lowest BCUT2D eigenvalue weighted by Gasteiger charge is -2.13. The molecule has 22 heavy (non-hydrogen) atoms. The molecule has 0 heterocycles. The zero-order chi connectivity index (χ0) is 17.2. The number of hydrogen-bond donors (Lipinski definition) is 2. The molecule has 0 amide bonds. The predicted octanol–water partition coefficient (Wildman–Crippen LogP) is 2.30. The number of hydrogen-bond acceptors (Lipinski definition) is 8. The van der Waals surface area contributed by atoms with Gasteiger partial charge in [-0.25, -0.2) is 22.7 Å². The van der Waals surface area contributed by atoms with Crippen LogP contribution >= 0.6 is 0 Å². The van der Waals surface area contributed by atoms with E-state index in [4.69, 9.17) is 23.7 Å². The number of carbonyl (C=O) groups excluding carboxylic acids is 2. The van der Waals surface area contributed by atoms with Crippen molar-refractivity contribution in [2.45, 2.75) is 50.9 Å². The molecule has 0 aromatic rings. The van der Waals surface area contributed by atoms with E-state index in [2.05, 4.69) is 29.7 Å². The zero-order valence-corrected chi connectivity index (χ0v) is 12.1. The molecule has 0 saturated heterocycles. The molecule has 0 rings (SSSR count). The topological polar surface area (TPSA) is 127 Å². The third-order valence-electron chi connectivity index (χ3n) is 2.77. The summed E-state index contributed by atoms with van der Waals surface area (Å²) in [7, 11) is 0. The standard InChI is InChI=1S/C12H16N4O6/c1-11(13-3,7-5-9(17)21-19)15-16-12(2,14-4)8-6-10(18)22-20/h19-20H,5-8H2,1-2H3/b16-15+. The second-order valence-corrected chi connectivity index (χ2v) is 4.78. The minimum atomic E-state index is -1.41. The molecule has 2 N–H and O–H groups in total. The van der Waals surface area contributed by atoms with Crippen LogP contribution in [-0.4, -0.2) is 33.8 Å². The van der Waals surface area contributed by atoms with Gasteiger partial charge in [-0.2, -0.15) is 10.5 Å². The van der Waals surface area contributed by atoms with E-state index < -0.39 is 23.3 Å². The molecule has 2 atom stereocenters. The van der Waals surface area contributed by atoms with Gasteiger partial charge in [0.2, 0.25) is 0 Å². The van der Waals surface area contributed by atoms with Crippen LogP contribution in [0.4, 0.5) is 0 Å². The van der Waals surface area contributed by atoms with E-state index in [0.29, 0.717) is 0 Å². The summed E-state index contributed by atoms with van der Waals surface area (Å²) in [5.41, 5.74) is -2.81. The number of rotatable bonds is 8. The molecule has 0 saturated carbocycles. The Morgan fingerprint density at radius 2 is 1.27 bits per heavy atom. The summed E-state index contributed by atoms with van der Waals surface area (Å²) in [4.78, 5) is 35.2. The lowest BCUT2D eigenvalue weighted by atomic mass is 10.1. The molecule has 10 heteroatoms. The summed E-state index contributed by atoms with van der Waals surface area (Å²) < 4.78 is 0. The molecular formula is C12H16N4O6. The van der Waals surface area contributed by atoms with Gasteiger partial charge in [0.1, 0.15) is 0 Å². The fourth-order valence-corrected chi connectivity index (χ4v) is 1.24. The third-order valence-corrected chi connectivity index (χ3v) is 2.77. The SMILES string of the molecule is [C-]#[N+]C(C)(CCC(=O)OO)/N=N/C(C)(CCC(=O)OO)[N+]#[C-]. The van der Waals surface area contributed by atoms with Gasteiger partial charge < -0.3 is 9.78 Å². The summed E-state index contributed by atoms with van der Waals surface area (Å²) in [6.07, 6.45) is -0.627. The van der Waals surface area contributed by atoms with Crippen molar-refractivity contribution in [2.75, 3.05) is 0 Å². The Balaban J connectivity index is 4.91. The van der Waals surface area contributed by atoms with Gasteiger partial charge in [-0.3, -0.25) is 9.69 Å². The van der Waals surface area contributed by atoms with Crippen LogP contribution in [0.2, 0.25) is 0 Å². The summed E-state index contributed by atoms with van der Waals surface area (Å²) in [5, 5.41) is 23.9. The smallest absolute Gasteiger partial charge is 0.301 e. The van der Waals surface area contributed by atoms with Crippen molar-refractivity contribution in [3.63, 3.8) is 0 Å². The summed E-state index contributed by atoms with van der Waals surface area (Å²) >= 11 is 0. The molecule has 0 aromatic carbocycles. The van der Waals surface area contributed by atoms with Crippen LogP contribution in [0.3, 0.4) is 0 Å². The Labute approximate surface area is 126 Å². The van der Waals surface area contributed by atoms with Crippen molar-refractivity contribution in [2.24, 2.45) is 10.2 Å². The summed E-state index contributed by atoms with van der Waals surface area (Å²) in [6.45, 7) is 17.0. The number of nitrogens with zero attached hydrogens (tertiary/aromatic N) is 4. The Morgan fingerprint density at radius 1 is 0.955 bits per heavy atom. The first-order chi connectivity index (χ1) is 10.2. The van der Waals surface area contributed by atoms with Crippen LogP contribution in [0.5, 0.6) is 0 Å². The maximum absolute atomic E-state index is 10.9. The monoisotopic (exact) mass is 312 g/mol. The fourth-order valence-electron chi connectivity index (χ4n) is 1.24. The molecule has 120 valence electrons. The van der Waals surface area contributed by atoms with Crippen LogP contribution in [0, 0.1) is 13.1 Å². The first kappa shape index (κ1) is 19.4. The largest absolute Gasteiger partial charge is 0.342 e. The van der Waals surface area contributed by atoms with Crippen molar-refractivity contribution in [3.8, 4) is 0 Å². The molecule has 0 aliphatic carbocycles. The van der Waals surface area contributed by atoms with Gasteiger partial charge in [-0.1, -0.05) is 10.2 Å². The maximum Gasteiger partial charge on any atom is 0.342 e. The van der Waals surface area contributed by atoms with Crippen molar-refractivity contribution in [1.29, 1.82) is 0 Å². The van der Waals surface area contributed by atoms with Crippen molar-refractivity contribution < 1.29 is 29.9 Å². The van der Waals surface area contributed by atoms with E-state index in [0.717, 1.165) is 0 Å². The second kappa shape index (κ2) is 8.67. The van der Waals surface area contributed by atoms with E-state index >= 15 is 0 Å². The van der Waals surface area contributed by atoms with Crippen LogP contribution in [0.25, 0.3) is 9.69 Å². The average Bonchev–Trinajstić information content (AvgIpc) is 2.55. The minimum Gasteiger partial charge on any atom is -0.301 e. The Hall–Kier alpha value is -2.56. The number of azo groups is 1. The van der Waals surface area contributed by atoms with E-state index in [1.807, 2.05) is 0 Å². The summed E-state index contributed by atoms with van der Waals surface area (Å²) in [5.74, 6) is -1.83. The van der Waals surface area contributed by atoms with Crippen molar-refractivity contribution >= 4 is 11.9 Å². The Kier molecular flexibility index (Phi) is 7.66. The van der Waals surface area contributed by atoms with E-state index in [1.165, 1.54) is 13.8 Å². The molecule has 0 aliphatic heterocycles. The van der Waals surface area contributed by atoms with Crippen LogP contribution in [0.1, 0.15) is 39.5 Å². The normalized spacial score (nSPS) is 15.9. The molecule has 2 unspecified atom stereocenters. The van der Waals surface area contributed by atoms with Crippen molar-refractivity contribution in [3.05, 3.63) is 22.8 Å². The minimum absolute atomic E-state index is 0.0633. The van der Waals surface area contributed by atoms with E-state index in [-0.39, 0.29) is 25.7 Å². The highest BCUT2D eigenvalue weighted by molar-refractivity contribution is 5.69. The third kappa shape index (κ3) is 6.74. The molecule has 0 aromatic heterocycles. The zero-order valence-electron chi connectivity index (χ0n) is 12.1. The van der Waals surface area contributed by atoms with Crippen molar-refractivity contribution in [1.82, 2.24) is 0 Å². The van der Waals surface area contributed by atoms with Gasteiger partial charge in [0.25, 0.3) is 0 Å². The molecule has 10 nitrogen and oxygen atoms in total. The molecular weight excluding hydrogens is 296 g/mol. The Bertz CT molecular complexity index is 477. The first-order valence-electron chi connectivity index (χ1n) is 6.14. The maximum atomic E-state index is 10.9. The summed E-state index contributed by atoms with van der Waals surface area (Å²) in [6, 6.07) is 0. The van der Waals surface area contributed by atoms with E-state index in [9.17, 15) is 9.59 Å². The van der Waals surface area contributed by atoms with Gasteiger partial charge in [0.05, 0.1) is 25.7 Å².